The highest BCUT2D eigenvalue weighted by Crippen LogP contribution is 2.13. The predicted molar refractivity (Wildman–Crippen MR) is 62.8 cm³/mol. The molecule has 1 N–H and O–H groups in total. The van der Waals surface area contributed by atoms with Gasteiger partial charge in [-0.05, 0) is 12.5 Å². The van der Waals surface area contributed by atoms with Crippen LogP contribution in [0.1, 0.15) is 24.9 Å². The van der Waals surface area contributed by atoms with Gasteiger partial charge in [-0.15, -0.1) is 6.58 Å². The molecule has 1 atom stereocenters. The summed E-state index contributed by atoms with van der Waals surface area (Å²) in [4.78, 5) is 22.8. The van der Waals surface area contributed by atoms with Gasteiger partial charge in [0, 0.05) is 6.42 Å². The monoisotopic (exact) mass is 217 g/mol. The molecule has 0 aliphatic heterocycles. The maximum absolute atomic E-state index is 11.4. The molecular weight excluding hydrogens is 202 g/mol. The molecule has 0 saturated carbocycles. The first kappa shape index (κ1) is 12.2. The summed E-state index contributed by atoms with van der Waals surface area (Å²) >= 11 is 0. The van der Waals surface area contributed by atoms with E-state index in [-0.39, 0.29) is 18.1 Å². The highest BCUT2D eigenvalue weighted by Gasteiger charge is 2.17. The van der Waals surface area contributed by atoms with Crippen LogP contribution in [0.3, 0.4) is 0 Å². The quantitative estimate of drug-likeness (QED) is 0.767. The first-order valence-corrected chi connectivity index (χ1v) is 5.11. The predicted octanol–water partition coefficient (Wildman–Crippen LogP) is 2.01. The first-order valence-electron chi connectivity index (χ1n) is 5.11. The zero-order chi connectivity index (χ0) is 12.0. The maximum Gasteiger partial charge on any atom is 0.224 e. The third kappa shape index (κ3) is 3.35. The van der Waals surface area contributed by atoms with Crippen LogP contribution >= 0.6 is 0 Å². The second-order valence-corrected chi connectivity index (χ2v) is 3.51. The van der Waals surface area contributed by atoms with Gasteiger partial charge in [-0.25, -0.2) is 0 Å². The largest absolute Gasteiger partial charge is 0.342 e. The van der Waals surface area contributed by atoms with E-state index >= 15 is 0 Å². The Morgan fingerprint density at radius 2 is 2.00 bits per heavy atom. The maximum atomic E-state index is 11.4. The molecule has 0 unspecified atom stereocenters. The molecule has 0 fully saturated rings. The summed E-state index contributed by atoms with van der Waals surface area (Å²) in [6.07, 6.45) is 1.73. The van der Waals surface area contributed by atoms with Crippen molar-refractivity contribution in [3.63, 3.8) is 0 Å². The first-order chi connectivity index (χ1) is 7.65. The Balaban J connectivity index is 2.80. The zero-order valence-corrected chi connectivity index (χ0v) is 9.27. The average molecular weight is 217 g/mol. The molecule has 84 valence electrons. The Morgan fingerprint density at radius 1 is 1.38 bits per heavy atom. The molecule has 1 aromatic carbocycles. The average Bonchev–Trinajstić information content (AvgIpc) is 2.27. The van der Waals surface area contributed by atoms with Crippen LogP contribution in [0, 0.1) is 0 Å². The number of benzene rings is 1. The van der Waals surface area contributed by atoms with Crippen molar-refractivity contribution in [2.75, 3.05) is 0 Å². The molecule has 3 heteroatoms. The van der Waals surface area contributed by atoms with Crippen molar-refractivity contribution >= 4 is 11.7 Å². The number of amides is 1. The molecule has 0 saturated heterocycles. The highest BCUT2D eigenvalue weighted by molar-refractivity contribution is 5.88. The minimum Gasteiger partial charge on any atom is -0.342 e. The fourth-order valence-electron chi connectivity index (χ4n) is 1.42. The summed E-state index contributed by atoms with van der Waals surface area (Å²) in [6, 6.07) is 8.62. The van der Waals surface area contributed by atoms with Crippen molar-refractivity contribution in [2.24, 2.45) is 0 Å². The van der Waals surface area contributed by atoms with Crippen LogP contribution in [0.25, 0.3) is 0 Å². The number of hydrogen-bond donors (Lipinski definition) is 1. The van der Waals surface area contributed by atoms with Crippen LogP contribution in [0.5, 0.6) is 0 Å². The van der Waals surface area contributed by atoms with Crippen LogP contribution in [0.15, 0.2) is 43.0 Å². The summed E-state index contributed by atoms with van der Waals surface area (Å²) in [5, 5.41) is 2.67. The number of ketones is 1. The zero-order valence-electron chi connectivity index (χ0n) is 9.27. The van der Waals surface area contributed by atoms with Gasteiger partial charge in [0.25, 0.3) is 0 Å². The Morgan fingerprint density at radius 3 is 2.50 bits per heavy atom. The minimum absolute atomic E-state index is 0.0800. The molecule has 0 aliphatic carbocycles. The van der Waals surface area contributed by atoms with Crippen LogP contribution < -0.4 is 5.32 Å². The number of nitrogens with one attached hydrogen (secondary N) is 1. The molecule has 0 aliphatic rings. The topological polar surface area (TPSA) is 46.2 Å². The van der Waals surface area contributed by atoms with E-state index in [0.717, 1.165) is 5.56 Å². The number of Topliss-reactive ketones (excluding diaryl/α,β-unsaturated/α-hetero) is 1. The van der Waals surface area contributed by atoms with E-state index in [1.165, 1.54) is 13.0 Å². The number of hydrogen-bond acceptors (Lipinski definition) is 2. The number of carbonyl (C=O) groups excluding carboxylic acids is 2. The van der Waals surface area contributed by atoms with Crippen molar-refractivity contribution in [2.45, 2.75) is 19.4 Å². The van der Waals surface area contributed by atoms with Gasteiger partial charge in [0.15, 0.2) is 5.78 Å². The molecule has 1 rings (SSSR count). The van der Waals surface area contributed by atoms with Crippen molar-refractivity contribution in [1.29, 1.82) is 0 Å². The van der Waals surface area contributed by atoms with Crippen molar-refractivity contribution in [3.05, 3.63) is 48.6 Å². The SMILES string of the molecule is C=CCC(=O)N[C@H](C(C)=O)c1ccccc1. The fourth-order valence-corrected chi connectivity index (χ4v) is 1.42. The van der Waals surface area contributed by atoms with Crippen LogP contribution in [-0.2, 0) is 9.59 Å². The Hall–Kier alpha value is -1.90. The van der Waals surface area contributed by atoms with E-state index in [1.54, 1.807) is 0 Å². The molecule has 0 bridgehead atoms. The molecule has 0 radical (unpaired) electrons. The molecule has 3 nitrogen and oxygen atoms in total. The van der Waals surface area contributed by atoms with Gasteiger partial charge in [-0.2, -0.15) is 0 Å². The summed E-state index contributed by atoms with van der Waals surface area (Å²) in [6.45, 7) is 4.94. The van der Waals surface area contributed by atoms with E-state index in [1.807, 2.05) is 30.3 Å². The van der Waals surface area contributed by atoms with Gasteiger partial charge in [0.1, 0.15) is 6.04 Å². The third-order valence-electron chi connectivity index (χ3n) is 2.17. The second kappa shape index (κ2) is 5.85. The molecule has 1 amide bonds. The Labute approximate surface area is 95.2 Å². The Bertz CT molecular complexity index is 384. The van der Waals surface area contributed by atoms with Gasteiger partial charge in [-0.3, -0.25) is 9.59 Å². The third-order valence-corrected chi connectivity index (χ3v) is 2.17. The van der Waals surface area contributed by atoms with Crippen LogP contribution in [-0.4, -0.2) is 11.7 Å². The van der Waals surface area contributed by atoms with Gasteiger partial charge < -0.3 is 5.32 Å². The lowest BCUT2D eigenvalue weighted by molar-refractivity contribution is -0.126. The smallest absolute Gasteiger partial charge is 0.224 e. The molecule has 16 heavy (non-hydrogen) atoms. The second-order valence-electron chi connectivity index (χ2n) is 3.51. The lowest BCUT2D eigenvalue weighted by Gasteiger charge is -2.15. The van der Waals surface area contributed by atoms with Gasteiger partial charge in [0.2, 0.25) is 5.91 Å². The highest BCUT2D eigenvalue weighted by atomic mass is 16.2. The molecular formula is C13H15NO2. The van der Waals surface area contributed by atoms with E-state index in [9.17, 15) is 9.59 Å². The van der Waals surface area contributed by atoms with Crippen molar-refractivity contribution < 1.29 is 9.59 Å². The summed E-state index contributed by atoms with van der Waals surface area (Å²) < 4.78 is 0. The fraction of sp³-hybridized carbons (Fsp3) is 0.231. The lowest BCUT2D eigenvalue weighted by Crippen LogP contribution is -2.32. The Kier molecular flexibility index (Phi) is 4.45. The molecule has 0 aromatic heterocycles. The van der Waals surface area contributed by atoms with Gasteiger partial charge in [-0.1, -0.05) is 36.4 Å². The summed E-state index contributed by atoms with van der Waals surface area (Å²) in [5.41, 5.74) is 0.799. The van der Waals surface area contributed by atoms with Crippen molar-refractivity contribution in [3.8, 4) is 0 Å². The molecule has 0 spiro atoms. The van der Waals surface area contributed by atoms with Crippen LogP contribution in [0.4, 0.5) is 0 Å². The lowest BCUT2D eigenvalue weighted by atomic mass is 10.0. The van der Waals surface area contributed by atoms with E-state index in [4.69, 9.17) is 0 Å². The standard InChI is InChI=1S/C13H15NO2/c1-3-7-12(16)14-13(10(2)15)11-8-5-4-6-9-11/h3-6,8-9,13H,1,7H2,2H3,(H,14,16)/t13-/m1/s1. The van der Waals surface area contributed by atoms with Gasteiger partial charge >= 0.3 is 0 Å². The van der Waals surface area contributed by atoms with E-state index in [2.05, 4.69) is 11.9 Å². The minimum atomic E-state index is -0.561. The summed E-state index contributed by atoms with van der Waals surface area (Å²) in [5.74, 6) is -0.275. The van der Waals surface area contributed by atoms with Crippen LogP contribution in [0.2, 0.25) is 0 Å². The number of rotatable bonds is 5. The number of carbonyl (C=O) groups is 2. The summed E-state index contributed by atoms with van der Waals surface area (Å²) in [7, 11) is 0. The van der Waals surface area contributed by atoms with E-state index in [0.29, 0.717) is 0 Å². The van der Waals surface area contributed by atoms with Gasteiger partial charge in [0.05, 0.1) is 0 Å². The molecule has 0 heterocycles. The normalized spacial score (nSPS) is 11.6. The molecule has 1 aromatic rings. The van der Waals surface area contributed by atoms with E-state index < -0.39 is 6.04 Å². The van der Waals surface area contributed by atoms with Crippen molar-refractivity contribution in [1.82, 2.24) is 5.32 Å².